The van der Waals surface area contributed by atoms with Gasteiger partial charge in [-0.25, -0.2) is 0 Å². The van der Waals surface area contributed by atoms with E-state index in [9.17, 15) is 0 Å². The molecule has 0 fully saturated rings. The van der Waals surface area contributed by atoms with Crippen LogP contribution in [0.25, 0.3) is 0 Å². The highest BCUT2D eigenvalue weighted by Crippen LogP contribution is 2.27. The van der Waals surface area contributed by atoms with E-state index >= 15 is 0 Å². The molecule has 2 rings (SSSR count). The quantitative estimate of drug-likeness (QED) is 0.629. The lowest BCUT2D eigenvalue weighted by molar-refractivity contribution is 0.599. The molecule has 0 aliphatic rings. The molecular weight excluding hydrogens is 206 g/mol. The zero-order valence-electron chi connectivity index (χ0n) is 10.9. The third-order valence-electron chi connectivity index (χ3n) is 3.06. The average Bonchev–Trinajstić information content (AvgIpc) is 2.29. The van der Waals surface area contributed by atoms with Gasteiger partial charge in [-0.05, 0) is 37.2 Å². The predicted octanol–water partition coefficient (Wildman–Crippen LogP) is -0.681. The van der Waals surface area contributed by atoms with Gasteiger partial charge in [0.25, 0.3) is 0 Å². The van der Waals surface area contributed by atoms with Gasteiger partial charge in [0.2, 0.25) is 0 Å². The molecule has 0 unspecified atom stereocenters. The summed E-state index contributed by atoms with van der Waals surface area (Å²) in [6, 6.07) is 12.3. The molecule has 0 saturated carbocycles. The normalized spacial score (nSPS) is 11.4. The van der Waals surface area contributed by atoms with Crippen LogP contribution < -0.4 is 11.2 Å². The number of aromatic nitrogens is 2. The molecule has 2 aromatic rings. The maximum Gasteiger partial charge on any atom is 0.163 e. The van der Waals surface area contributed by atoms with Crippen molar-refractivity contribution >= 4 is 26.9 Å². The molecule has 4 heteroatoms. The van der Waals surface area contributed by atoms with Gasteiger partial charge in [0.05, 0.1) is 11.4 Å². The zero-order chi connectivity index (χ0) is 12.5. The van der Waals surface area contributed by atoms with E-state index in [2.05, 4.69) is 48.1 Å². The Balaban J connectivity index is 2.49. The first kappa shape index (κ1) is 11.9. The third-order valence-corrected chi connectivity index (χ3v) is 3.06. The van der Waals surface area contributed by atoms with Crippen molar-refractivity contribution in [3.8, 4) is 0 Å². The van der Waals surface area contributed by atoms with Crippen LogP contribution in [-0.2, 0) is 5.41 Å². The van der Waals surface area contributed by atoms with Gasteiger partial charge in [0.15, 0.2) is 15.7 Å². The molecule has 17 heavy (non-hydrogen) atoms. The summed E-state index contributed by atoms with van der Waals surface area (Å²) in [5.41, 5.74) is 4.07. The van der Waals surface area contributed by atoms with Gasteiger partial charge >= 0.3 is 0 Å². The summed E-state index contributed by atoms with van der Waals surface area (Å²) in [5, 5.41) is 0. The second kappa shape index (κ2) is 4.36. The van der Waals surface area contributed by atoms with Crippen LogP contribution in [0.5, 0.6) is 0 Å². The largest absolute Gasteiger partial charge is 0.268 e. The maximum atomic E-state index is 4.61. The van der Waals surface area contributed by atoms with Gasteiger partial charge in [-0.15, -0.1) is 0 Å². The van der Waals surface area contributed by atoms with Crippen LogP contribution in [0, 0.1) is 0 Å². The van der Waals surface area contributed by atoms with E-state index in [-0.39, 0.29) is 5.41 Å². The summed E-state index contributed by atoms with van der Waals surface area (Å²) in [7, 11) is 4.03. The molecule has 2 aromatic heterocycles. The molecule has 0 saturated heterocycles. The molecule has 0 N–H and O–H groups in total. The van der Waals surface area contributed by atoms with Crippen molar-refractivity contribution in [1.29, 1.82) is 0 Å². The minimum Gasteiger partial charge on any atom is -0.268 e. The van der Waals surface area contributed by atoms with Crippen LogP contribution in [0.4, 0.5) is 0 Å². The second-order valence-corrected chi connectivity index (χ2v) is 4.95. The van der Waals surface area contributed by atoms with Gasteiger partial charge in [0.1, 0.15) is 0 Å². The van der Waals surface area contributed by atoms with Crippen LogP contribution in [0.2, 0.25) is 0 Å². The van der Waals surface area contributed by atoms with Crippen molar-refractivity contribution in [3.05, 3.63) is 47.8 Å². The van der Waals surface area contributed by atoms with Crippen molar-refractivity contribution in [2.75, 3.05) is 0 Å². The first-order chi connectivity index (χ1) is 8.00. The molecule has 0 aliphatic carbocycles. The molecule has 2 heterocycles. The Morgan fingerprint density at radius 1 is 0.824 bits per heavy atom. The van der Waals surface area contributed by atoms with Crippen molar-refractivity contribution in [2.45, 2.75) is 19.3 Å². The maximum absolute atomic E-state index is 4.61. The van der Waals surface area contributed by atoms with Gasteiger partial charge < -0.3 is 0 Å². The summed E-state index contributed by atoms with van der Waals surface area (Å²) >= 11 is 0. The first-order valence-corrected chi connectivity index (χ1v) is 5.88. The number of rotatable bonds is 2. The Hall–Kier alpha value is -1.57. The number of hydrogen-bond acceptors (Lipinski definition) is 2. The van der Waals surface area contributed by atoms with Gasteiger partial charge in [-0.1, -0.05) is 24.3 Å². The fraction of sp³-hybridized carbons (Fsp3) is 0.231. The Kier molecular flexibility index (Phi) is 3.05. The molecule has 0 aromatic carbocycles. The summed E-state index contributed by atoms with van der Waals surface area (Å²) in [4.78, 5) is 9.22. The van der Waals surface area contributed by atoms with Crippen LogP contribution in [0.3, 0.4) is 0 Å². The fourth-order valence-corrected chi connectivity index (χ4v) is 1.91. The first-order valence-electron chi connectivity index (χ1n) is 5.88. The van der Waals surface area contributed by atoms with E-state index < -0.39 is 0 Å². The third kappa shape index (κ3) is 2.41. The summed E-state index contributed by atoms with van der Waals surface area (Å²) in [5.74, 6) is 0. The summed E-state index contributed by atoms with van der Waals surface area (Å²) in [6.07, 6.45) is 0. The van der Waals surface area contributed by atoms with E-state index in [1.807, 2.05) is 27.8 Å². The average molecular weight is 222 g/mol. The molecule has 2 nitrogen and oxygen atoms in total. The summed E-state index contributed by atoms with van der Waals surface area (Å²) in [6.45, 7) is 4.33. The Bertz CT molecular complexity index is 491. The van der Waals surface area contributed by atoms with Gasteiger partial charge in [0, 0.05) is 5.41 Å². The predicted molar refractivity (Wildman–Crippen MR) is 77.0 cm³/mol. The minimum atomic E-state index is -0.155. The standard InChI is InChI=1S/C13H16B2N2/c1-13(2,9-5-3-7-11(14)16-9)10-6-4-8-12(15)17-10/h3-8H,14-15H2,1-2H3. The molecule has 0 spiro atoms. The van der Waals surface area contributed by atoms with Crippen molar-refractivity contribution < 1.29 is 0 Å². The molecule has 0 radical (unpaired) electrons. The molecule has 0 amide bonds. The minimum absolute atomic E-state index is 0.155. The monoisotopic (exact) mass is 222 g/mol. The zero-order valence-corrected chi connectivity index (χ0v) is 10.9. The lowest BCUT2D eigenvalue weighted by Gasteiger charge is -2.24. The fourth-order valence-electron chi connectivity index (χ4n) is 1.91. The van der Waals surface area contributed by atoms with Crippen LogP contribution in [-0.4, -0.2) is 25.7 Å². The van der Waals surface area contributed by atoms with Crippen LogP contribution in [0.1, 0.15) is 25.2 Å². The van der Waals surface area contributed by atoms with Crippen LogP contribution in [0.15, 0.2) is 36.4 Å². The Labute approximate surface area is 104 Å². The SMILES string of the molecule is Bc1cccc(C(C)(C)c2cccc(B)n2)n1. The molecule has 84 valence electrons. The van der Waals surface area contributed by atoms with Gasteiger partial charge in [-0.2, -0.15) is 0 Å². The van der Waals surface area contributed by atoms with E-state index in [4.69, 9.17) is 0 Å². The highest BCUT2D eigenvalue weighted by molar-refractivity contribution is 6.30. The molecule has 0 aliphatic heterocycles. The number of hydrogen-bond donors (Lipinski definition) is 0. The summed E-state index contributed by atoms with van der Waals surface area (Å²) < 4.78 is 0. The molecule has 0 bridgehead atoms. The van der Waals surface area contributed by atoms with E-state index in [1.54, 1.807) is 0 Å². The Morgan fingerprint density at radius 2 is 1.24 bits per heavy atom. The highest BCUT2D eigenvalue weighted by atomic mass is 14.8. The van der Waals surface area contributed by atoms with Crippen molar-refractivity contribution in [3.63, 3.8) is 0 Å². The van der Waals surface area contributed by atoms with E-state index in [0.717, 1.165) is 22.6 Å². The lowest BCUT2D eigenvalue weighted by Crippen LogP contribution is -2.27. The molecular formula is C13H16B2N2. The van der Waals surface area contributed by atoms with Gasteiger partial charge in [-0.3, -0.25) is 9.97 Å². The van der Waals surface area contributed by atoms with E-state index in [1.165, 1.54) is 0 Å². The second-order valence-electron chi connectivity index (χ2n) is 4.95. The number of nitrogens with zero attached hydrogens (tertiary/aromatic N) is 2. The highest BCUT2D eigenvalue weighted by Gasteiger charge is 2.25. The van der Waals surface area contributed by atoms with Crippen molar-refractivity contribution in [2.24, 2.45) is 0 Å². The van der Waals surface area contributed by atoms with Crippen LogP contribution >= 0.6 is 0 Å². The number of pyridine rings is 2. The smallest absolute Gasteiger partial charge is 0.163 e. The topological polar surface area (TPSA) is 25.8 Å². The molecule has 0 atom stereocenters. The Morgan fingerprint density at radius 3 is 1.59 bits per heavy atom. The lowest BCUT2D eigenvalue weighted by atomic mass is 9.83. The van der Waals surface area contributed by atoms with Crippen molar-refractivity contribution in [1.82, 2.24) is 9.97 Å². The van der Waals surface area contributed by atoms with E-state index in [0.29, 0.717) is 0 Å².